The third-order valence-corrected chi connectivity index (χ3v) is 1.83. The quantitative estimate of drug-likeness (QED) is 0.610. The van der Waals surface area contributed by atoms with E-state index in [-0.39, 0.29) is 18.1 Å². The van der Waals surface area contributed by atoms with Gasteiger partial charge in [0.05, 0.1) is 6.61 Å². The van der Waals surface area contributed by atoms with Crippen molar-refractivity contribution in [2.24, 2.45) is 0 Å². The van der Waals surface area contributed by atoms with Gasteiger partial charge in [-0.15, -0.1) is 0 Å². The van der Waals surface area contributed by atoms with Crippen molar-refractivity contribution in [2.45, 2.75) is 20.3 Å². The average molecular weight is 218 g/mol. The van der Waals surface area contributed by atoms with Crippen molar-refractivity contribution in [3.8, 4) is 17.6 Å². The molecule has 1 rings (SSSR count). The summed E-state index contributed by atoms with van der Waals surface area (Å²) >= 11 is 0. The lowest BCUT2D eigenvalue weighted by atomic mass is 10.1. The molecule has 0 bridgehead atoms. The van der Waals surface area contributed by atoms with E-state index in [9.17, 15) is 9.90 Å². The Labute approximate surface area is 95.1 Å². The molecule has 0 heterocycles. The average Bonchev–Trinajstić information content (AvgIpc) is 2.16. The number of phenols is 1. The minimum absolute atomic E-state index is 0.0720. The van der Waals surface area contributed by atoms with Gasteiger partial charge in [0.15, 0.2) is 0 Å². The Kier molecular flexibility index (Phi) is 4.41. The van der Waals surface area contributed by atoms with E-state index >= 15 is 0 Å². The van der Waals surface area contributed by atoms with Crippen LogP contribution in [0.5, 0.6) is 5.75 Å². The van der Waals surface area contributed by atoms with Crippen molar-refractivity contribution in [1.29, 1.82) is 0 Å². The largest absolute Gasteiger partial charge is 0.508 e. The Hall–Kier alpha value is -1.95. The summed E-state index contributed by atoms with van der Waals surface area (Å²) in [6.07, 6.45) is 0.0720. The van der Waals surface area contributed by atoms with Gasteiger partial charge in [0.1, 0.15) is 12.2 Å². The van der Waals surface area contributed by atoms with Crippen LogP contribution < -0.4 is 0 Å². The number of ether oxygens (including phenoxy) is 1. The molecule has 1 aromatic carbocycles. The number of carbonyl (C=O) groups excluding carboxylic acids is 1. The Bertz CT molecular complexity index is 418. The zero-order valence-corrected chi connectivity index (χ0v) is 9.41. The molecule has 1 N–H and O–H groups in total. The van der Waals surface area contributed by atoms with Crippen molar-refractivity contribution in [3.05, 3.63) is 29.3 Å². The first kappa shape index (κ1) is 12.1. The summed E-state index contributed by atoms with van der Waals surface area (Å²) < 4.78 is 4.74. The SMILES string of the molecule is CCOC(=O)CC#Cc1cc(C)cc(O)c1. The first-order valence-corrected chi connectivity index (χ1v) is 5.07. The minimum Gasteiger partial charge on any atom is -0.508 e. The third kappa shape index (κ3) is 4.05. The summed E-state index contributed by atoms with van der Waals surface area (Å²) in [5, 5.41) is 9.33. The lowest BCUT2D eigenvalue weighted by Crippen LogP contribution is -2.01. The van der Waals surface area contributed by atoms with Crippen LogP contribution in [0, 0.1) is 18.8 Å². The molecule has 0 saturated carbocycles. The molecule has 0 aliphatic rings. The van der Waals surface area contributed by atoms with Crippen LogP contribution in [0.4, 0.5) is 0 Å². The summed E-state index contributed by atoms with van der Waals surface area (Å²) in [7, 11) is 0. The van der Waals surface area contributed by atoms with Gasteiger partial charge in [-0.25, -0.2) is 0 Å². The van der Waals surface area contributed by atoms with Gasteiger partial charge in [-0.2, -0.15) is 0 Å². The zero-order chi connectivity index (χ0) is 12.0. The van der Waals surface area contributed by atoms with E-state index in [1.54, 1.807) is 19.1 Å². The number of rotatable bonds is 2. The molecule has 0 spiro atoms. The lowest BCUT2D eigenvalue weighted by Gasteiger charge is -1.97. The van der Waals surface area contributed by atoms with Crippen LogP contribution in [0.2, 0.25) is 0 Å². The Morgan fingerprint density at radius 3 is 2.81 bits per heavy atom. The summed E-state index contributed by atoms with van der Waals surface area (Å²) in [5.41, 5.74) is 1.63. The normalized spacial score (nSPS) is 9.12. The van der Waals surface area contributed by atoms with Crippen LogP contribution in [0.1, 0.15) is 24.5 Å². The number of aryl methyl sites for hydroxylation is 1. The molecule has 0 atom stereocenters. The van der Waals surface area contributed by atoms with Gasteiger partial charge >= 0.3 is 5.97 Å². The highest BCUT2D eigenvalue weighted by Gasteiger charge is 1.97. The first-order valence-electron chi connectivity index (χ1n) is 5.07. The van der Waals surface area contributed by atoms with Crippen molar-refractivity contribution in [3.63, 3.8) is 0 Å². The van der Waals surface area contributed by atoms with Crippen LogP contribution in [0.3, 0.4) is 0 Å². The molecule has 0 saturated heterocycles. The second kappa shape index (κ2) is 5.82. The highest BCUT2D eigenvalue weighted by Crippen LogP contribution is 2.13. The van der Waals surface area contributed by atoms with E-state index in [2.05, 4.69) is 11.8 Å². The molecule has 0 aliphatic heterocycles. The van der Waals surface area contributed by atoms with E-state index in [4.69, 9.17) is 4.74 Å². The predicted molar refractivity (Wildman–Crippen MR) is 61.0 cm³/mol. The molecule has 0 unspecified atom stereocenters. The van der Waals surface area contributed by atoms with Gasteiger partial charge in [0, 0.05) is 5.56 Å². The van der Waals surface area contributed by atoms with Crippen LogP contribution in [0.15, 0.2) is 18.2 Å². The maximum absolute atomic E-state index is 11.0. The number of benzene rings is 1. The zero-order valence-electron chi connectivity index (χ0n) is 9.41. The van der Waals surface area contributed by atoms with E-state index in [0.29, 0.717) is 12.2 Å². The number of phenolic OH excluding ortho intramolecular Hbond substituents is 1. The van der Waals surface area contributed by atoms with Gasteiger partial charge in [-0.05, 0) is 37.6 Å². The smallest absolute Gasteiger partial charge is 0.317 e. The standard InChI is InChI=1S/C13H14O3/c1-3-16-13(15)6-4-5-11-7-10(2)8-12(14)9-11/h7-9,14H,3,6H2,1-2H3. The fraction of sp³-hybridized carbons (Fsp3) is 0.308. The van der Waals surface area contributed by atoms with Crippen molar-refractivity contribution in [2.75, 3.05) is 6.61 Å². The third-order valence-electron chi connectivity index (χ3n) is 1.83. The Balaban J connectivity index is 2.66. The summed E-state index contributed by atoms with van der Waals surface area (Å²) in [6, 6.07) is 5.06. The van der Waals surface area contributed by atoms with Crippen LogP contribution in [0.25, 0.3) is 0 Å². The highest BCUT2D eigenvalue weighted by molar-refractivity contribution is 5.72. The number of hydrogen-bond donors (Lipinski definition) is 1. The topological polar surface area (TPSA) is 46.5 Å². The van der Waals surface area contributed by atoms with Crippen molar-refractivity contribution >= 4 is 5.97 Å². The fourth-order valence-electron chi connectivity index (χ4n) is 1.27. The number of esters is 1. The first-order chi connectivity index (χ1) is 7.61. The van der Waals surface area contributed by atoms with E-state index in [0.717, 1.165) is 5.56 Å². The second-order valence-corrected chi connectivity index (χ2v) is 3.34. The van der Waals surface area contributed by atoms with Crippen LogP contribution in [-0.2, 0) is 9.53 Å². The Morgan fingerprint density at radius 2 is 2.19 bits per heavy atom. The lowest BCUT2D eigenvalue weighted by molar-refractivity contribution is -0.141. The molecule has 3 nitrogen and oxygen atoms in total. The molecule has 0 aromatic heterocycles. The monoisotopic (exact) mass is 218 g/mol. The van der Waals surface area contributed by atoms with E-state index in [1.165, 1.54) is 0 Å². The van der Waals surface area contributed by atoms with Gasteiger partial charge in [-0.1, -0.05) is 11.8 Å². The molecule has 0 aliphatic carbocycles. The molecule has 0 radical (unpaired) electrons. The molecule has 0 fully saturated rings. The Morgan fingerprint density at radius 1 is 1.44 bits per heavy atom. The molecule has 16 heavy (non-hydrogen) atoms. The molecule has 0 amide bonds. The number of aromatic hydroxyl groups is 1. The number of hydrogen-bond acceptors (Lipinski definition) is 3. The van der Waals surface area contributed by atoms with Crippen LogP contribution in [-0.4, -0.2) is 17.7 Å². The van der Waals surface area contributed by atoms with Gasteiger partial charge in [-0.3, -0.25) is 4.79 Å². The van der Waals surface area contributed by atoms with Crippen molar-refractivity contribution < 1.29 is 14.6 Å². The van der Waals surface area contributed by atoms with E-state index in [1.807, 2.05) is 13.0 Å². The minimum atomic E-state index is -0.327. The molecular weight excluding hydrogens is 204 g/mol. The van der Waals surface area contributed by atoms with Gasteiger partial charge in [0.25, 0.3) is 0 Å². The fourth-order valence-corrected chi connectivity index (χ4v) is 1.27. The number of carbonyl (C=O) groups is 1. The molecular formula is C13H14O3. The summed E-state index contributed by atoms with van der Waals surface area (Å²) in [5.74, 6) is 5.36. The molecule has 1 aromatic rings. The molecule has 84 valence electrons. The van der Waals surface area contributed by atoms with Crippen LogP contribution >= 0.6 is 0 Å². The van der Waals surface area contributed by atoms with Crippen molar-refractivity contribution in [1.82, 2.24) is 0 Å². The predicted octanol–water partition coefficient (Wildman–Crippen LogP) is 2.01. The molecule has 3 heteroatoms. The maximum Gasteiger partial charge on any atom is 0.317 e. The highest BCUT2D eigenvalue weighted by atomic mass is 16.5. The van der Waals surface area contributed by atoms with Gasteiger partial charge < -0.3 is 9.84 Å². The van der Waals surface area contributed by atoms with E-state index < -0.39 is 0 Å². The second-order valence-electron chi connectivity index (χ2n) is 3.34. The summed E-state index contributed by atoms with van der Waals surface area (Å²) in [6.45, 7) is 3.99. The summed E-state index contributed by atoms with van der Waals surface area (Å²) in [4.78, 5) is 11.0. The van der Waals surface area contributed by atoms with Gasteiger partial charge in [0.2, 0.25) is 0 Å². The maximum atomic E-state index is 11.0.